The Morgan fingerprint density at radius 1 is 0.857 bits per heavy atom. The van der Waals surface area contributed by atoms with Crippen molar-refractivity contribution in [3.05, 3.63) is 42.6 Å². The molecule has 0 bridgehead atoms. The van der Waals surface area contributed by atoms with Crippen LogP contribution in [0, 0.1) is 0 Å². The van der Waals surface area contributed by atoms with E-state index in [0.29, 0.717) is 5.75 Å². The minimum atomic E-state index is -1.64. The number of pyridine rings is 1. The Labute approximate surface area is 167 Å². The zero-order chi connectivity index (χ0) is 20.2. The number of nitrogens with zero attached hydrogens (tertiary/aromatic N) is 1. The van der Waals surface area contributed by atoms with Gasteiger partial charge in [0.25, 0.3) is 0 Å². The maximum atomic E-state index is 13.2. The van der Waals surface area contributed by atoms with E-state index >= 15 is 0 Å². The van der Waals surface area contributed by atoms with Crippen molar-refractivity contribution in [1.29, 1.82) is 0 Å². The summed E-state index contributed by atoms with van der Waals surface area (Å²) in [6, 6.07) is 11.3. The van der Waals surface area contributed by atoms with Crippen molar-refractivity contribution in [3.63, 3.8) is 0 Å². The van der Waals surface area contributed by atoms with Gasteiger partial charge in [0.15, 0.2) is 6.17 Å². The maximum Gasteiger partial charge on any atom is 0.165 e. The fraction of sp³-hybridized carbons (Fsp3) is 0.522. The second kappa shape index (κ2) is 12.3. The van der Waals surface area contributed by atoms with E-state index in [4.69, 9.17) is 9.47 Å². The van der Waals surface area contributed by atoms with E-state index in [1.54, 1.807) is 12.1 Å². The summed E-state index contributed by atoms with van der Waals surface area (Å²) in [5.41, 5.74) is 1.74. The molecule has 2 atom stereocenters. The Morgan fingerprint density at radius 3 is 2.18 bits per heavy atom. The van der Waals surface area contributed by atoms with Gasteiger partial charge < -0.3 is 9.47 Å². The monoisotopic (exact) mass is 391 g/mol. The third kappa shape index (κ3) is 7.83. The fourth-order valence-electron chi connectivity index (χ4n) is 2.74. The molecule has 0 aliphatic carbocycles. The number of aromatic nitrogens is 1. The zero-order valence-electron chi connectivity index (χ0n) is 16.9. The molecule has 5 heteroatoms. The first-order valence-electron chi connectivity index (χ1n) is 10.2. The summed E-state index contributed by atoms with van der Waals surface area (Å²) in [6.45, 7) is 3.82. The van der Waals surface area contributed by atoms with Crippen molar-refractivity contribution >= 4 is 0 Å². The summed E-state index contributed by atoms with van der Waals surface area (Å²) < 4.78 is 37.1. The van der Waals surface area contributed by atoms with Crippen molar-refractivity contribution in [2.45, 2.75) is 64.7 Å². The lowest BCUT2D eigenvalue weighted by molar-refractivity contribution is 0.119. The van der Waals surface area contributed by atoms with Crippen molar-refractivity contribution < 1.29 is 18.3 Å². The molecule has 0 unspecified atom stereocenters. The highest BCUT2D eigenvalue weighted by atomic mass is 19.2. The van der Waals surface area contributed by atoms with Gasteiger partial charge in [-0.15, -0.1) is 0 Å². The lowest BCUT2D eigenvalue weighted by Gasteiger charge is -2.11. The molecule has 2 rings (SSSR count). The summed E-state index contributed by atoms with van der Waals surface area (Å²) >= 11 is 0. The van der Waals surface area contributed by atoms with Gasteiger partial charge in [0.1, 0.15) is 24.3 Å². The molecule has 0 spiro atoms. The van der Waals surface area contributed by atoms with Gasteiger partial charge in [-0.1, -0.05) is 39.0 Å². The number of hydrogen-bond acceptors (Lipinski definition) is 3. The summed E-state index contributed by atoms with van der Waals surface area (Å²) in [5, 5.41) is 0. The summed E-state index contributed by atoms with van der Waals surface area (Å²) in [6.07, 6.45) is 5.80. The van der Waals surface area contributed by atoms with Crippen LogP contribution in [0.2, 0.25) is 0 Å². The molecular formula is C23H31F2NO2. The first kappa shape index (κ1) is 22.1. The molecule has 0 saturated carbocycles. The smallest absolute Gasteiger partial charge is 0.165 e. The van der Waals surface area contributed by atoms with Gasteiger partial charge in [-0.3, -0.25) is 4.98 Å². The predicted octanol–water partition coefficient (Wildman–Crippen LogP) is 6.56. The third-order valence-electron chi connectivity index (χ3n) is 4.56. The molecule has 0 aliphatic rings. The van der Waals surface area contributed by atoms with Gasteiger partial charge in [-0.25, -0.2) is 8.78 Å². The van der Waals surface area contributed by atoms with Crippen LogP contribution in [0.3, 0.4) is 0 Å². The number of hydrogen-bond donors (Lipinski definition) is 0. The molecule has 3 nitrogen and oxygen atoms in total. The van der Waals surface area contributed by atoms with Crippen LogP contribution in [0.1, 0.15) is 52.4 Å². The van der Waals surface area contributed by atoms with Crippen LogP contribution in [-0.4, -0.2) is 30.5 Å². The van der Waals surface area contributed by atoms with Crippen LogP contribution in [0.25, 0.3) is 11.3 Å². The van der Waals surface area contributed by atoms with Gasteiger partial charge in [-0.2, -0.15) is 0 Å². The Kier molecular flexibility index (Phi) is 9.73. The number of rotatable bonds is 13. The average molecular weight is 392 g/mol. The zero-order valence-corrected chi connectivity index (χ0v) is 16.9. The summed E-state index contributed by atoms with van der Waals surface area (Å²) in [4.78, 5) is 4.33. The molecule has 0 aliphatic heterocycles. The van der Waals surface area contributed by atoms with E-state index in [1.165, 1.54) is 45.2 Å². The summed E-state index contributed by atoms with van der Waals surface area (Å²) in [5.74, 6) is 1.28. The summed E-state index contributed by atoms with van der Waals surface area (Å²) in [7, 11) is 0. The molecule has 1 aromatic carbocycles. The Bertz CT molecular complexity index is 659. The molecule has 0 saturated heterocycles. The van der Waals surface area contributed by atoms with Crippen LogP contribution in [-0.2, 0) is 0 Å². The van der Waals surface area contributed by atoms with Crippen LogP contribution in [0.5, 0.6) is 11.5 Å². The maximum absolute atomic E-state index is 13.2. The molecule has 154 valence electrons. The Balaban J connectivity index is 1.76. The van der Waals surface area contributed by atoms with Crippen molar-refractivity contribution in [3.8, 4) is 22.8 Å². The molecule has 0 N–H and O–H groups in total. The first-order valence-corrected chi connectivity index (χ1v) is 10.2. The van der Waals surface area contributed by atoms with Gasteiger partial charge >= 0.3 is 0 Å². The van der Waals surface area contributed by atoms with Crippen molar-refractivity contribution in [2.75, 3.05) is 13.2 Å². The van der Waals surface area contributed by atoms with Crippen LogP contribution < -0.4 is 9.47 Å². The molecular weight excluding hydrogens is 360 g/mol. The number of alkyl halides is 2. The van der Waals surface area contributed by atoms with Crippen LogP contribution >= 0.6 is 0 Å². The molecule has 0 radical (unpaired) electrons. The predicted molar refractivity (Wildman–Crippen MR) is 110 cm³/mol. The lowest BCUT2D eigenvalue weighted by atomic mass is 10.1. The normalized spacial score (nSPS) is 13.1. The second-order valence-corrected chi connectivity index (χ2v) is 7.02. The van der Waals surface area contributed by atoms with E-state index in [0.717, 1.165) is 30.0 Å². The highest BCUT2D eigenvalue weighted by Crippen LogP contribution is 2.23. The highest BCUT2D eigenvalue weighted by Gasteiger charge is 2.15. The van der Waals surface area contributed by atoms with E-state index < -0.39 is 12.3 Å². The lowest BCUT2D eigenvalue weighted by Crippen LogP contribution is -2.21. The average Bonchev–Trinajstić information content (AvgIpc) is 2.72. The van der Waals surface area contributed by atoms with Gasteiger partial charge in [0.05, 0.1) is 18.5 Å². The molecule has 2 aromatic rings. The molecule has 28 heavy (non-hydrogen) atoms. The van der Waals surface area contributed by atoms with Gasteiger partial charge in [0.2, 0.25) is 0 Å². The Hall–Kier alpha value is -2.17. The van der Waals surface area contributed by atoms with E-state index in [2.05, 4.69) is 11.9 Å². The first-order chi connectivity index (χ1) is 13.6. The quantitative estimate of drug-likeness (QED) is 0.362. The number of ether oxygens (including phenoxy) is 2. The largest absolute Gasteiger partial charge is 0.494 e. The van der Waals surface area contributed by atoms with Crippen molar-refractivity contribution in [2.24, 2.45) is 0 Å². The molecule has 0 amide bonds. The minimum Gasteiger partial charge on any atom is -0.494 e. The topological polar surface area (TPSA) is 31.4 Å². The van der Waals surface area contributed by atoms with Crippen molar-refractivity contribution in [1.82, 2.24) is 4.98 Å². The van der Waals surface area contributed by atoms with Crippen LogP contribution in [0.15, 0.2) is 42.6 Å². The SMILES string of the molecule is CCCCCCCCOc1ccc(-c2ccc(OC[C@H](F)[C@H](C)F)cn2)cc1. The van der Waals surface area contributed by atoms with Crippen LogP contribution in [0.4, 0.5) is 8.78 Å². The Morgan fingerprint density at radius 2 is 1.54 bits per heavy atom. The van der Waals surface area contributed by atoms with Gasteiger partial charge in [-0.05, 0) is 49.7 Å². The standard InChI is InChI=1S/C23H31F2NO2/c1-3-4-5-6-7-8-15-27-20-11-9-19(10-12-20)23-14-13-21(16-26-23)28-17-22(25)18(2)24/h9-14,16,18,22H,3-8,15,17H2,1-2H3/t18-,22-/m0/s1. The van der Waals surface area contributed by atoms with E-state index in [9.17, 15) is 8.78 Å². The minimum absolute atomic E-state index is 0.316. The number of halogens is 2. The van der Waals surface area contributed by atoms with E-state index in [-0.39, 0.29) is 6.61 Å². The third-order valence-corrected chi connectivity index (χ3v) is 4.56. The van der Waals surface area contributed by atoms with E-state index in [1.807, 2.05) is 24.3 Å². The number of benzene rings is 1. The molecule has 1 aromatic heterocycles. The van der Waals surface area contributed by atoms with Gasteiger partial charge in [0, 0.05) is 5.56 Å². The second-order valence-electron chi connectivity index (χ2n) is 7.02. The molecule has 1 heterocycles. The fourth-order valence-corrected chi connectivity index (χ4v) is 2.74. The number of unbranched alkanes of at least 4 members (excludes halogenated alkanes) is 5. The highest BCUT2D eigenvalue weighted by molar-refractivity contribution is 5.60. The molecule has 0 fully saturated rings.